The number of nitrogens with zero attached hydrogens (tertiary/aromatic N) is 1. The highest BCUT2D eigenvalue weighted by atomic mass is 16.5. The minimum Gasteiger partial charge on any atom is -0.493 e. The number of benzene rings is 2. The topological polar surface area (TPSA) is 66.6 Å². The summed E-state index contributed by atoms with van der Waals surface area (Å²) >= 11 is 0. The van der Waals surface area contributed by atoms with E-state index in [0.717, 1.165) is 37.2 Å². The van der Waals surface area contributed by atoms with E-state index < -0.39 is 0 Å². The number of H-pyrrole nitrogens is 1. The van der Waals surface area contributed by atoms with E-state index in [1.54, 1.807) is 14.2 Å². The maximum Gasteiger partial charge on any atom is 0.317 e. The third-order valence-corrected chi connectivity index (χ3v) is 6.00. The smallest absolute Gasteiger partial charge is 0.317 e. The molecule has 0 bridgehead atoms. The molecule has 1 fully saturated rings. The van der Waals surface area contributed by atoms with Crippen molar-refractivity contribution in [1.29, 1.82) is 0 Å². The lowest BCUT2D eigenvalue weighted by Gasteiger charge is -2.32. The van der Waals surface area contributed by atoms with Crippen molar-refractivity contribution in [3.63, 3.8) is 0 Å². The van der Waals surface area contributed by atoms with Crippen molar-refractivity contribution in [2.24, 2.45) is 0 Å². The Kier molecular flexibility index (Phi) is 6.12. The summed E-state index contributed by atoms with van der Waals surface area (Å²) in [5.41, 5.74) is 3.58. The lowest BCUT2D eigenvalue weighted by molar-refractivity contribution is 0.181. The zero-order valence-electron chi connectivity index (χ0n) is 17.6. The number of nitrogens with one attached hydrogen (secondary N) is 2. The summed E-state index contributed by atoms with van der Waals surface area (Å²) in [6, 6.07) is 14.2. The van der Waals surface area contributed by atoms with Crippen LogP contribution in [0.4, 0.5) is 4.79 Å². The molecule has 2 aromatic carbocycles. The number of carbonyl (C=O) groups excluding carboxylic acids is 1. The maximum absolute atomic E-state index is 12.6. The van der Waals surface area contributed by atoms with Crippen LogP contribution in [0.1, 0.15) is 29.9 Å². The minimum atomic E-state index is 0.00856. The molecule has 1 aliphatic rings. The standard InChI is InChI=1S/C24H29N3O3/c1-29-22-9-5-6-18(23(22)30-2)10-13-25-24(28)27-14-11-17(12-15-27)20-16-26-21-8-4-3-7-19(20)21/h3-9,16-17,26H,10-15H2,1-2H3,(H,25,28). The van der Waals surface area contributed by atoms with Crippen molar-refractivity contribution in [3.05, 3.63) is 59.8 Å². The monoisotopic (exact) mass is 407 g/mol. The summed E-state index contributed by atoms with van der Waals surface area (Å²) in [6.07, 6.45) is 4.79. The number of hydrogen-bond acceptors (Lipinski definition) is 3. The van der Waals surface area contributed by atoms with E-state index in [2.05, 4.69) is 40.8 Å². The van der Waals surface area contributed by atoms with Crippen LogP contribution in [0.25, 0.3) is 10.9 Å². The molecule has 0 saturated carbocycles. The zero-order valence-corrected chi connectivity index (χ0v) is 17.6. The summed E-state index contributed by atoms with van der Waals surface area (Å²) < 4.78 is 10.8. The van der Waals surface area contributed by atoms with Crippen LogP contribution >= 0.6 is 0 Å². The molecule has 0 radical (unpaired) electrons. The van der Waals surface area contributed by atoms with Gasteiger partial charge in [0.25, 0.3) is 0 Å². The molecule has 2 heterocycles. The fourth-order valence-corrected chi connectivity index (χ4v) is 4.39. The molecular weight excluding hydrogens is 378 g/mol. The number of ether oxygens (including phenoxy) is 2. The van der Waals surface area contributed by atoms with Gasteiger partial charge in [0.1, 0.15) is 0 Å². The molecule has 2 N–H and O–H groups in total. The number of fused-ring (bicyclic) bond motifs is 1. The number of piperidine rings is 1. The zero-order chi connectivity index (χ0) is 20.9. The first-order valence-electron chi connectivity index (χ1n) is 10.5. The van der Waals surface area contributed by atoms with Crippen LogP contribution in [-0.2, 0) is 6.42 Å². The minimum absolute atomic E-state index is 0.00856. The van der Waals surface area contributed by atoms with E-state index >= 15 is 0 Å². The van der Waals surface area contributed by atoms with Crippen molar-refractivity contribution in [2.45, 2.75) is 25.2 Å². The molecule has 2 amide bonds. The van der Waals surface area contributed by atoms with E-state index in [1.807, 2.05) is 23.1 Å². The van der Waals surface area contributed by atoms with Crippen molar-refractivity contribution < 1.29 is 14.3 Å². The van der Waals surface area contributed by atoms with Gasteiger partial charge in [0.05, 0.1) is 14.2 Å². The van der Waals surface area contributed by atoms with Gasteiger partial charge in [-0.15, -0.1) is 0 Å². The Balaban J connectivity index is 1.29. The van der Waals surface area contributed by atoms with Gasteiger partial charge in [0.15, 0.2) is 11.5 Å². The summed E-state index contributed by atoms with van der Waals surface area (Å²) in [5.74, 6) is 1.93. The second-order valence-electron chi connectivity index (χ2n) is 7.69. The number of carbonyl (C=O) groups is 1. The molecule has 0 atom stereocenters. The maximum atomic E-state index is 12.6. The molecule has 30 heavy (non-hydrogen) atoms. The highest BCUT2D eigenvalue weighted by Gasteiger charge is 2.25. The fourth-order valence-electron chi connectivity index (χ4n) is 4.39. The number of likely N-dealkylation sites (tertiary alicyclic amines) is 1. The Morgan fingerprint density at radius 1 is 1.10 bits per heavy atom. The molecule has 0 spiro atoms. The number of methoxy groups -OCH3 is 2. The van der Waals surface area contributed by atoms with Crippen LogP contribution in [0.15, 0.2) is 48.7 Å². The van der Waals surface area contributed by atoms with Gasteiger partial charge in [-0.3, -0.25) is 0 Å². The highest BCUT2D eigenvalue weighted by molar-refractivity contribution is 5.83. The van der Waals surface area contributed by atoms with Gasteiger partial charge in [-0.1, -0.05) is 30.3 Å². The third kappa shape index (κ3) is 4.08. The molecule has 158 valence electrons. The largest absolute Gasteiger partial charge is 0.493 e. The first kappa shape index (κ1) is 20.1. The normalized spacial score (nSPS) is 14.7. The second kappa shape index (κ2) is 9.11. The predicted octanol–water partition coefficient (Wildman–Crippen LogP) is 4.32. The molecular formula is C24H29N3O3. The number of amides is 2. The summed E-state index contributed by atoms with van der Waals surface area (Å²) in [6.45, 7) is 2.11. The Hall–Kier alpha value is -3.15. The Labute approximate surface area is 177 Å². The van der Waals surface area contributed by atoms with E-state index in [-0.39, 0.29) is 6.03 Å². The lowest BCUT2D eigenvalue weighted by atomic mass is 9.89. The first-order chi connectivity index (χ1) is 14.7. The van der Waals surface area contributed by atoms with Gasteiger partial charge < -0.3 is 24.7 Å². The highest BCUT2D eigenvalue weighted by Crippen LogP contribution is 2.33. The fraction of sp³-hybridized carbons (Fsp3) is 0.375. The van der Waals surface area contributed by atoms with Gasteiger partial charge in [-0.05, 0) is 48.4 Å². The van der Waals surface area contributed by atoms with Crippen LogP contribution in [0.5, 0.6) is 11.5 Å². The second-order valence-corrected chi connectivity index (χ2v) is 7.69. The Morgan fingerprint density at radius 2 is 1.90 bits per heavy atom. The van der Waals surface area contributed by atoms with Crippen molar-refractivity contribution >= 4 is 16.9 Å². The van der Waals surface area contributed by atoms with Crippen LogP contribution in [0.2, 0.25) is 0 Å². The molecule has 4 rings (SSSR count). The van der Waals surface area contributed by atoms with Gasteiger partial charge in [0, 0.05) is 36.7 Å². The molecule has 0 unspecified atom stereocenters. The van der Waals surface area contributed by atoms with Gasteiger partial charge >= 0.3 is 6.03 Å². The van der Waals surface area contributed by atoms with Gasteiger partial charge in [-0.25, -0.2) is 4.79 Å². The summed E-state index contributed by atoms with van der Waals surface area (Å²) in [4.78, 5) is 17.9. The molecule has 1 aliphatic heterocycles. The molecule has 6 heteroatoms. The van der Waals surface area contributed by atoms with Gasteiger partial charge in [0.2, 0.25) is 0 Å². The number of aromatic amines is 1. The van der Waals surface area contributed by atoms with Crippen molar-refractivity contribution in [1.82, 2.24) is 15.2 Å². The Bertz CT molecular complexity index is 1010. The van der Waals surface area contributed by atoms with Crippen LogP contribution < -0.4 is 14.8 Å². The van der Waals surface area contributed by atoms with Crippen LogP contribution in [0.3, 0.4) is 0 Å². The van der Waals surface area contributed by atoms with Crippen molar-refractivity contribution in [3.8, 4) is 11.5 Å². The molecule has 6 nitrogen and oxygen atoms in total. The van der Waals surface area contributed by atoms with Gasteiger partial charge in [-0.2, -0.15) is 0 Å². The number of para-hydroxylation sites is 2. The van der Waals surface area contributed by atoms with E-state index in [0.29, 0.717) is 24.6 Å². The summed E-state index contributed by atoms with van der Waals surface area (Å²) in [7, 11) is 3.26. The molecule has 0 aliphatic carbocycles. The first-order valence-corrected chi connectivity index (χ1v) is 10.5. The van der Waals surface area contributed by atoms with E-state index in [1.165, 1.54) is 16.5 Å². The van der Waals surface area contributed by atoms with Crippen LogP contribution in [0, 0.1) is 0 Å². The quantitative estimate of drug-likeness (QED) is 0.640. The average molecular weight is 408 g/mol. The molecule has 3 aromatic rings. The molecule has 1 aromatic heterocycles. The number of urea groups is 1. The lowest BCUT2D eigenvalue weighted by Crippen LogP contribution is -2.44. The predicted molar refractivity (Wildman–Crippen MR) is 118 cm³/mol. The third-order valence-electron chi connectivity index (χ3n) is 6.00. The number of aromatic nitrogens is 1. The summed E-state index contributed by atoms with van der Waals surface area (Å²) in [5, 5.41) is 4.35. The Morgan fingerprint density at radius 3 is 2.67 bits per heavy atom. The van der Waals surface area contributed by atoms with Crippen molar-refractivity contribution in [2.75, 3.05) is 33.9 Å². The van der Waals surface area contributed by atoms with Crippen LogP contribution in [-0.4, -0.2) is 49.8 Å². The average Bonchev–Trinajstić information content (AvgIpc) is 3.23. The molecule has 1 saturated heterocycles. The van der Waals surface area contributed by atoms with E-state index in [4.69, 9.17) is 9.47 Å². The van der Waals surface area contributed by atoms with E-state index in [9.17, 15) is 4.79 Å². The number of rotatable bonds is 6. The SMILES string of the molecule is COc1cccc(CCNC(=O)N2CCC(c3c[nH]c4ccccc34)CC2)c1OC. The number of hydrogen-bond donors (Lipinski definition) is 2.